The standard InChI is InChI=1S/C17H20F2N2O2/c1-5-13(16-10(3)21-23-11(16)4)17(22)20-9(2)14-7-6-12(18)8-15(14)19/h6-9,13H,5H2,1-4H3,(H,20,22). The fourth-order valence-corrected chi connectivity index (χ4v) is 2.75. The smallest absolute Gasteiger partial charge is 0.228 e. The lowest BCUT2D eigenvalue weighted by atomic mass is 9.93. The van der Waals surface area contributed by atoms with Crippen molar-refractivity contribution in [1.82, 2.24) is 10.5 Å². The van der Waals surface area contributed by atoms with E-state index in [1.165, 1.54) is 12.1 Å². The lowest BCUT2D eigenvalue weighted by Gasteiger charge is -2.20. The third-order valence-electron chi connectivity index (χ3n) is 3.95. The third kappa shape index (κ3) is 3.57. The van der Waals surface area contributed by atoms with Gasteiger partial charge >= 0.3 is 0 Å². The van der Waals surface area contributed by atoms with Crippen molar-refractivity contribution in [2.24, 2.45) is 0 Å². The second-order valence-corrected chi connectivity index (χ2v) is 5.59. The van der Waals surface area contributed by atoms with E-state index in [0.717, 1.165) is 11.6 Å². The topological polar surface area (TPSA) is 55.1 Å². The maximum Gasteiger partial charge on any atom is 0.228 e. The Kier molecular flexibility index (Phi) is 5.13. The van der Waals surface area contributed by atoms with Gasteiger partial charge < -0.3 is 9.84 Å². The molecule has 1 heterocycles. The molecular weight excluding hydrogens is 302 g/mol. The van der Waals surface area contributed by atoms with Crippen molar-refractivity contribution in [3.63, 3.8) is 0 Å². The molecule has 124 valence electrons. The van der Waals surface area contributed by atoms with Crippen LogP contribution in [0.5, 0.6) is 0 Å². The first-order chi connectivity index (χ1) is 10.8. The molecule has 4 nitrogen and oxygen atoms in total. The van der Waals surface area contributed by atoms with Gasteiger partial charge in [-0.2, -0.15) is 0 Å². The molecule has 1 aromatic carbocycles. The van der Waals surface area contributed by atoms with Gasteiger partial charge in [-0.15, -0.1) is 0 Å². The van der Waals surface area contributed by atoms with Crippen LogP contribution in [-0.2, 0) is 4.79 Å². The van der Waals surface area contributed by atoms with E-state index in [2.05, 4.69) is 10.5 Å². The molecule has 0 aliphatic heterocycles. The molecule has 23 heavy (non-hydrogen) atoms. The van der Waals surface area contributed by atoms with E-state index in [1.807, 2.05) is 6.92 Å². The molecule has 1 N–H and O–H groups in total. The predicted molar refractivity (Wildman–Crippen MR) is 81.9 cm³/mol. The number of amides is 1. The second kappa shape index (κ2) is 6.89. The van der Waals surface area contributed by atoms with E-state index in [-0.39, 0.29) is 11.5 Å². The van der Waals surface area contributed by atoms with Crippen LogP contribution in [-0.4, -0.2) is 11.1 Å². The van der Waals surface area contributed by atoms with Crippen LogP contribution in [0.4, 0.5) is 8.78 Å². The van der Waals surface area contributed by atoms with Crippen LogP contribution in [0.1, 0.15) is 54.8 Å². The van der Waals surface area contributed by atoms with Crippen molar-refractivity contribution < 1.29 is 18.1 Å². The van der Waals surface area contributed by atoms with Crippen molar-refractivity contribution in [3.8, 4) is 0 Å². The molecule has 0 fully saturated rings. The van der Waals surface area contributed by atoms with Crippen molar-refractivity contribution in [2.45, 2.75) is 46.1 Å². The number of hydrogen-bond acceptors (Lipinski definition) is 3. The maximum atomic E-state index is 13.8. The summed E-state index contributed by atoms with van der Waals surface area (Å²) in [6.07, 6.45) is 0.563. The summed E-state index contributed by atoms with van der Waals surface area (Å²) in [5, 5.41) is 6.65. The molecule has 0 saturated carbocycles. The van der Waals surface area contributed by atoms with E-state index in [4.69, 9.17) is 4.52 Å². The first-order valence-corrected chi connectivity index (χ1v) is 7.53. The van der Waals surface area contributed by atoms with Gasteiger partial charge in [0.25, 0.3) is 0 Å². The Bertz CT molecular complexity index is 693. The van der Waals surface area contributed by atoms with Gasteiger partial charge in [0.2, 0.25) is 5.91 Å². The minimum atomic E-state index is -0.678. The lowest BCUT2D eigenvalue weighted by Crippen LogP contribution is -2.32. The lowest BCUT2D eigenvalue weighted by molar-refractivity contribution is -0.123. The van der Waals surface area contributed by atoms with Crippen LogP contribution in [0.3, 0.4) is 0 Å². The number of rotatable bonds is 5. The quantitative estimate of drug-likeness (QED) is 0.907. The molecule has 2 rings (SSSR count). The number of nitrogens with zero attached hydrogens (tertiary/aromatic N) is 1. The highest BCUT2D eigenvalue weighted by atomic mass is 19.1. The van der Waals surface area contributed by atoms with Gasteiger partial charge in [0.15, 0.2) is 0 Å². The van der Waals surface area contributed by atoms with Crippen LogP contribution in [0.2, 0.25) is 0 Å². The summed E-state index contributed by atoms with van der Waals surface area (Å²) in [5.41, 5.74) is 1.68. The number of halogens is 2. The summed E-state index contributed by atoms with van der Waals surface area (Å²) < 4.78 is 31.9. The van der Waals surface area contributed by atoms with Crippen molar-refractivity contribution in [1.29, 1.82) is 0 Å². The van der Waals surface area contributed by atoms with Crippen molar-refractivity contribution >= 4 is 5.91 Å². The Morgan fingerprint density at radius 3 is 2.57 bits per heavy atom. The van der Waals surface area contributed by atoms with E-state index in [9.17, 15) is 13.6 Å². The Labute approximate surface area is 133 Å². The summed E-state index contributed by atoms with van der Waals surface area (Å²) >= 11 is 0. The molecule has 2 aromatic rings. The van der Waals surface area contributed by atoms with Crippen LogP contribution >= 0.6 is 0 Å². The van der Waals surface area contributed by atoms with E-state index in [1.54, 1.807) is 20.8 Å². The number of hydrogen-bond donors (Lipinski definition) is 1. The number of benzene rings is 1. The molecule has 2 atom stereocenters. The van der Waals surface area contributed by atoms with E-state index in [0.29, 0.717) is 17.9 Å². The SMILES string of the molecule is CCC(C(=O)NC(C)c1ccc(F)cc1F)c1c(C)noc1C. The first-order valence-electron chi connectivity index (χ1n) is 7.53. The highest BCUT2D eigenvalue weighted by Crippen LogP contribution is 2.27. The van der Waals surface area contributed by atoms with Crippen LogP contribution < -0.4 is 5.32 Å². The number of aromatic nitrogens is 1. The van der Waals surface area contributed by atoms with Gasteiger partial charge in [0.05, 0.1) is 17.7 Å². The Morgan fingerprint density at radius 2 is 2.04 bits per heavy atom. The molecule has 0 radical (unpaired) electrons. The molecule has 0 saturated heterocycles. The van der Waals surface area contributed by atoms with Gasteiger partial charge in [-0.1, -0.05) is 18.1 Å². The van der Waals surface area contributed by atoms with Crippen LogP contribution in [0, 0.1) is 25.5 Å². The average molecular weight is 322 g/mol. The summed E-state index contributed by atoms with van der Waals surface area (Å²) in [4.78, 5) is 12.6. The highest BCUT2D eigenvalue weighted by Gasteiger charge is 2.27. The van der Waals surface area contributed by atoms with Gasteiger partial charge in [0, 0.05) is 17.2 Å². The fraction of sp³-hybridized carbons (Fsp3) is 0.412. The summed E-state index contributed by atoms with van der Waals surface area (Å²) in [6.45, 7) is 7.09. The van der Waals surface area contributed by atoms with Gasteiger partial charge in [-0.05, 0) is 33.3 Å². The monoisotopic (exact) mass is 322 g/mol. The Hall–Kier alpha value is -2.24. The zero-order chi connectivity index (χ0) is 17.1. The average Bonchev–Trinajstić information content (AvgIpc) is 2.80. The molecule has 0 spiro atoms. The van der Waals surface area contributed by atoms with Gasteiger partial charge in [-0.3, -0.25) is 4.79 Å². The normalized spacial score (nSPS) is 13.7. The predicted octanol–water partition coefficient (Wildman–Crippen LogP) is 3.94. The minimum absolute atomic E-state index is 0.238. The first kappa shape index (κ1) is 17.1. The summed E-state index contributed by atoms with van der Waals surface area (Å²) in [7, 11) is 0. The molecule has 2 unspecified atom stereocenters. The molecule has 0 aliphatic rings. The van der Waals surface area contributed by atoms with E-state index < -0.39 is 23.6 Å². The zero-order valence-corrected chi connectivity index (χ0v) is 13.6. The molecule has 1 amide bonds. The highest BCUT2D eigenvalue weighted by molar-refractivity contribution is 5.84. The Balaban J connectivity index is 2.19. The minimum Gasteiger partial charge on any atom is -0.361 e. The molecule has 6 heteroatoms. The molecule has 0 aliphatic carbocycles. The van der Waals surface area contributed by atoms with Crippen LogP contribution in [0.25, 0.3) is 0 Å². The van der Waals surface area contributed by atoms with Crippen LogP contribution in [0.15, 0.2) is 22.7 Å². The molecule has 0 bridgehead atoms. The largest absolute Gasteiger partial charge is 0.361 e. The number of carbonyl (C=O) groups excluding carboxylic acids is 1. The zero-order valence-electron chi connectivity index (χ0n) is 13.6. The van der Waals surface area contributed by atoms with E-state index >= 15 is 0 Å². The number of carbonyl (C=O) groups is 1. The van der Waals surface area contributed by atoms with Gasteiger partial charge in [-0.25, -0.2) is 8.78 Å². The third-order valence-corrected chi connectivity index (χ3v) is 3.95. The number of aryl methyl sites for hydroxylation is 2. The summed E-state index contributed by atoms with van der Waals surface area (Å²) in [6, 6.07) is 2.75. The van der Waals surface area contributed by atoms with Gasteiger partial charge in [0.1, 0.15) is 17.4 Å². The van der Waals surface area contributed by atoms with Crippen molar-refractivity contribution in [3.05, 3.63) is 52.4 Å². The molecular formula is C17H20F2N2O2. The fourth-order valence-electron chi connectivity index (χ4n) is 2.75. The second-order valence-electron chi connectivity index (χ2n) is 5.59. The number of nitrogens with one attached hydrogen (secondary N) is 1. The Morgan fingerprint density at radius 1 is 1.35 bits per heavy atom. The molecule has 1 aromatic heterocycles. The summed E-state index contributed by atoms with van der Waals surface area (Å²) in [5.74, 6) is -1.38. The maximum absolute atomic E-state index is 13.8. The van der Waals surface area contributed by atoms with Crippen molar-refractivity contribution in [2.75, 3.05) is 0 Å².